The Balaban J connectivity index is 0.000000701. The van der Waals surface area contributed by atoms with Gasteiger partial charge < -0.3 is 24.4 Å². The van der Waals surface area contributed by atoms with Crippen LogP contribution in [0, 0.1) is 11.3 Å². The van der Waals surface area contributed by atoms with Gasteiger partial charge in [-0.1, -0.05) is 0 Å². The van der Waals surface area contributed by atoms with Gasteiger partial charge in [0.05, 0.1) is 27.4 Å². The minimum Gasteiger partial charge on any atom is -0.493 e. The maximum atomic E-state index is 11.7. The van der Waals surface area contributed by atoms with Gasteiger partial charge in [0, 0.05) is 37.8 Å². The van der Waals surface area contributed by atoms with Crippen molar-refractivity contribution in [2.45, 2.75) is 6.54 Å². The van der Waals surface area contributed by atoms with E-state index in [0.29, 0.717) is 37.7 Å². The van der Waals surface area contributed by atoms with Gasteiger partial charge >= 0.3 is 5.97 Å². The molecule has 0 amide bonds. The Bertz CT molecular complexity index is 625. The maximum absolute atomic E-state index is 11.7. The van der Waals surface area contributed by atoms with Gasteiger partial charge in [0.15, 0.2) is 11.5 Å². The molecule has 0 aliphatic carbocycles. The largest absolute Gasteiger partial charge is 0.493 e. The van der Waals surface area contributed by atoms with E-state index in [1.54, 1.807) is 26.5 Å². The highest BCUT2D eigenvalue weighted by molar-refractivity contribution is 5.76. The van der Waals surface area contributed by atoms with Gasteiger partial charge in [0.1, 0.15) is 11.1 Å². The number of aliphatic carboxylic acids is 1. The summed E-state index contributed by atoms with van der Waals surface area (Å²) in [7, 11) is 3.16. The summed E-state index contributed by atoms with van der Waals surface area (Å²) < 4.78 is 16.1. The minimum absolute atomic E-state index is 0.0293. The molecule has 2 atom stereocenters. The molecule has 3 heterocycles. The third-order valence-corrected chi connectivity index (χ3v) is 4.61. The molecule has 9 heteroatoms. The first-order valence-corrected chi connectivity index (χ1v) is 7.69. The summed E-state index contributed by atoms with van der Waals surface area (Å²) in [6.45, 7) is 2.23. The average Bonchev–Trinajstić information content (AvgIpc) is 3.13. The van der Waals surface area contributed by atoms with Crippen molar-refractivity contribution < 1.29 is 34.0 Å². The maximum Gasteiger partial charge on any atom is 0.313 e. The molecule has 2 aliphatic rings. The second kappa shape index (κ2) is 8.13. The number of methoxy groups -OCH3 is 2. The third kappa shape index (κ3) is 3.67. The number of nitrogens with zero attached hydrogens (tertiary/aromatic N) is 2. The Morgan fingerprint density at radius 2 is 2.24 bits per heavy atom. The van der Waals surface area contributed by atoms with Crippen LogP contribution in [-0.4, -0.2) is 73.1 Å². The highest BCUT2D eigenvalue weighted by Crippen LogP contribution is 2.42. The van der Waals surface area contributed by atoms with Crippen molar-refractivity contribution in [1.29, 1.82) is 0 Å². The van der Waals surface area contributed by atoms with Crippen LogP contribution in [0.15, 0.2) is 12.3 Å². The average molecular weight is 354 g/mol. The van der Waals surface area contributed by atoms with Gasteiger partial charge in [-0.25, -0.2) is 0 Å². The standard InChI is InChI=1S/C15H20N2O5.CH2O2/c1-20-12-3-4-16-11(13(12)21-2)6-17-5-10-7-22-9-15(10,8-17)14(18)19;2-1-3/h3-4,10H,5-9H2,1-2H3,(H,18,19);1H,(H,2,3)/t10-,15-;/m1./s1. The summed E-state index contributed by atoms with van der Waals surface area (Å²) in [6, 6.07) is 1.74. The Morgan fingerprint density at radius 1 is 1.52 bits per heavy atom. The minimum atomic E-state index is -0.786. The van der Waals surface area contributed by atoms with Crippen LogP contribution in [0.5, 0.6) is 11.5 Å². The lowest BCUT2D eigenvalue weighted by atomic mass is 9.81. The molecule has 2 N–H and O–H groups in total. The van der Waals surface area contributed by atoms with Crippen molar-refractivity contribution in [2.75, 3.05) is 40.5 Å². The monoisotopic (exact) mass is 354 g/mol. The summed E-state index contributed by atoms with van der Waals surface area (Å²) >= 11 is 0. The molecule has 2 fully saturated rings. The van der Waals surface area contributed by atoms with E-state index in [2.05, 4.69) is 9.88 Å². The van der Waals surface area contributed by atoms with Gasteiger partial charge in [-0.3, -0.25) is 19.5 Å². The highest BCUT2D eigenvalue weighted by Gasteiger charge is 2.56. The van der Waals surface area contributed by atoms with E-state index in [-0.39, 0.29) is 19.0 Å². The number of aromatic nitrogens is 1. The third-order valence-electron chi connectivity index (χ3n) is 4.61. The number of ether oxygens (including phenoxy) is 3. The predicted molar refractivity (Wildman–Crippen MR) is 85.7 cm³/mol. The van der Waals surface area contributed by atoms with Crippen LogP contribution in [0.2, 0.25) is 0 Å². The first kappa shape index (κ1) is 18.9. The number of pyridine rings is 1. The van der Waals surface area contributed by atoms with Crippen molar-refractivity contribution in [2.24, 2.45) is 11.3 Å². The lowest BCUT2D eigenvalue weighted by molar-refractivity contribution is -0.149. The van der Waals surface area contributed by atoms with Crippen molar-refractivity contribution in [3.05, 3.63) is 18.0 Å². The molecule has 25 heavy (non-hydrogen) atoms. The van der Waals surface area contributed by atoms with Crippen LogP contribution in [-0.2, 0) is 20.9 Å². The van der Waals surface area contributed by atoms with Gasteiger partial charge in [-0.2, -0.15) is 0 Å². The van der Waals surface area contributed by atoms with Crippen molar-refractivity contribution in [3.63, 3.8) is 0 Å². The summed E-state index contributed by atoms with van der Waals surface area (Å²) in [5.41, 5.74) is -0.0326. The molecule has 0 unspecified atom stereocenters. The summed E-state index contributed by atoms with van der Waals surface area (Å²) in [5.74, 6) is 0.482. The van der Waals surface area contributed by atoms with Crippen LogP contribution < -0.4 is 9.47 Å². The molecule has 9 nitrogen and oxygen atoms in total. The molecular formula is C16H22N2O7. The summed E-state index contributed by atoms with van der Waals surface area (Å²) in [5, 5.41) is 16.5. The van der Waals surface area contributed by atoms with Gasteiger partial charge in [0.2, 0.25) is 0 Å². The smallest absolute Gasteiger partial charge is 0.313 e. The number of likely N-dealkylation sites (tertiary alicyclic amines) is 1. The Labute approximate surface area is 145 Å². The zero-order chi connectivity index (χ0) is 18.4. The van der Waals surface area contributed by atoms with Crippen LogP contribution in [0.3, 0.4) is 0 Å². The van der Waals surface area contributed by atoms with Gasteiger partial charge in [-0.05, 0) is 0 Å². The lowest BCUT2D eigenvalue weighted by Crippen LogP contribution is -2.38. The molecule has 0 radical (unpaired) electrons. The molecule has 138 valence electrons. The fraction of sp³-hybridized carbons (Fsp3) is 0.562. The van der Waals surface area contributed by atoms with Crippen LogP contribution >= 0.6 is 0 Å². The first-order valence-electron chi connectivity index (χ1n) is 7.69. The number of carboxylic acid groups (broad SMARTS) is 2. The van der Waals surface area contributed by atoms with E-state index >= 15 is 0 Å². The summed E-state index contributed by atoms with van der Waals surface area (Å²) in [6.07, 6.45) is 1.67. The van der Waals surface area contributed by atoms with E-state index in [0.717, 1.165) is 5.69 Å². The molecule has 0 spiro atoms. The molecular weight excluding hydrogens is 332 g/mol. The molecule has 0 bridgehead atoms. The van der Waals surface area contributed by atoms with E-state index in [9.17, 15) is 9.90 Å². The Morgan fingerprint density at radius 3 is 2.80 bits per heavy atom. The number of rotatable bonds is 5. The highest BCUT2D eigenvalue weighted by atomic mass is 16.5. The molecule has 3 rings (SSSR count). The van der Waals surface area contributed by atoms with Crippen LogP contribution in [0.1, 0.15) is 5.69 Å². The van der Waals surface area contributed by atoms with E-state index in [1.807, 2.05) is 0 Å². The normalized spacial score (nSPS) is 24.8. The fourth-order valence-electron chi connectivity index (χ4n) is 3.44. The second-order valence-electron chi connectivity index (χ2n) is 5.94. The Kier molecular flexibility index (Phi) is 6.16. The van der Waals surface area contributed by atoms with Crippen molar-refractivity contribution in [3.8, 4) is 11.5 Å². The molecule has 1 aromatic heterocycles. The number of hydrogen-bond donors (Lipinski definition) is 2. The molecule has 0 saturated carbocycles. The quantitative estimate of drug-likeness (QED) is 0.721. The number of carbonyl (C=O) groups is 2. The topological polar surface area (TPSA) is 118 Å². The van der Waals surface area contributed by atoms with E-state index in [1.165, 1.54) is 0 Å². The number of fused-ring (bicyclic) bond motifs is 1. The van der Waals surface area contributed by atoms with Crippen LogP contribution in [0.25, 0.3) is 0 Å². The Hall–Kier alpha value is -2.39. The van der Waals surface area contributed by atoms with Gasteiger partial charge in [0.25, 0.3) is 6.47 Å². The van der Waals surface area contributed by atoms with Crippen molar-refractivity contribution in [1.82, 2.24) is 9.88 Å². The lowest BCUT2D eigenvalue weighted by Gasteiger charge is -2.22. The second-order valence-corrected chi connectivity index (χ2v) is 5.94. The predicted octanol–water partition coefficient (Wildman–Crippen LogP) is 0.333. The zero-order valence-corrected chi connectivity index (χ0v) is 14.2. The zero-order valence-electron chi connectivity index (χ0n) is 14.2. The number of carboxylic acids is 1. The van der Waals surface area contributed by atoms with E-state index in [4.69, 9.17) is 24.1 Å². The summed E-state index contributed by atoms with van der Waals surface area (Å²) in [4.78, 5) is 26.5. The fourth-order valence-corrected chi connectivity index (χ4v) is 3.44. The SMILES string of the molecule is COc1ccnc(CN2C[C@@H]3COC[C@]3(C(=O)O)C2)c1OC.O=CO. The van der Waals surface area contributed by atoms with Crippen molar-refractivity contribution >= 4 is 12.4 Å². The molecule has 2 saturated heterocycles. The number of hydrogen-bond acceptors (Lipinski definition) is 7. The van der Waals surface area contributed by atoms with Gasteiger partial charge in [-0.15, -0.1) is 0 Å². The van der Waals surface area contributed by atoms with Crippen LogP contribution in [0.4, 0.5) is 0 Å². The molecule has 0 aromatic carbocycles. The first-order chi connectivity index (χ1) is 12.0. The molecule has 1 aromatic rings. The van der Waals surface area contributed by atoms with E-state index < -0.39 is 11.4 Å². The molecule has 2 aliphatic heterocycles.